The molecule has 0 aromatic heterocycles. The number of nitrogens with one attached hydrogen (secondary N) is 4. The first kappa shape index (κ1) is 44.0. The fourth-order valence-electron chi connectivity index (χ4n) is 7.52. The van der Waals surface area contributed by atoms with Crippen molar-refractivity contribution in [3.63, 3.8) is 0 Å². The Morgan fingerprint density at radius 3 is 1.36 bits per heavy atom. The summed E-state index contributed by atoms with van der Waals surface area (Å²) in [7, 11) is 2.49. The molecular weight excluding hydrogens is 755 g/mol. The summed E-state index contributed by atoms with van der Waals surface area (Å²) < 4.78 is 9.42. The Hall–Kier alpha value is -6.12. The number of nitrogens with zero attached hydrogens (tertiary/aromatic N) is 3. The summed E-state index contributed by atoms with van der Waals surface area (Å²) in [6.45, 7) is 9.31. The van der Waals surface area contributed by atoms with Gasteiger partial charge in [-0.1, -0.05) is 70.2 Å². The summed E-state index contributed by atoms with van der Waals surface area (Å²) in [6, 6.07) is 22.3. The average molecular weight is 812 g/mol. The van der Waals surface area contributed by atoms with Gasteiger partial charge in [-0.2, -0.15) is 0 Å². The zero-order chi connectivity index (χ0) is 42.6. The summed E-state index contributed by atoms with van der Waals surface area (Å²) in [4.78, 5) is 82.9. The molecule has 0 radical (unpaired) electrons. The van der Waals surface area contributed by atoms with E-state index in [0.717, 1.165) is 16.8 Å². The van der Waals surface area contributed by atoms with Crippen LogP contribution in [0.3, 0.4) is 0 Å². The third-order valence-corrected chi connectivity index (χ3v) is 10.8. The van der Waals surface area contributed by atoms with Crippen molar-refractivity contribution in [3.05, 3.63) is 90.0 Å². The Bertz CT molecular complexity index is 1800. The van der Waals surface area contributed by atoms with Gasteiger partial charge in [0.15, 0.2) is 0 Å². The number of rotatable bonds is 15. The number of hydrogen-bond acceptors (Lipinski definition) is 9. The van der Waals surface area contributed by atoms with Gasteiger partial charge in [0.1, 0.15) is 24.2 Å². The van der Waals surface area contributed by atoms with E-state index in [9.17, 15) is 28.8 Å². The highest BCUT2D eigenvalue weighted by atomic mass is 16.5. The van der Waals surface area contributed by atoms with Gasteiger partial charge < -0.3 is 45.4 Å². The molecule has 4 N–H and O–H groups in total. The van der Waals surface area contributed by atoms with E-state index in [-0.39, 0.29) is 35.5 Å². The summed E-state index contributed by atoms with van der Waals surface area (Å²) in [6.07, 6.45) is 1.01. The van der Waals surface area contributed by atoms with Crippen LogP contribution in [0.5, 0.6) is 0 Å². The molecule has 0 spiro atoms. The number of hydrogen-bond donors (Lipinski definition) is 4. The van der Waals surface area contributed by atoms with Crippen LogP contribution in [0.4, 0.5) is 26.7 Å². The van der Waals surface area contributed by atoms with Crippen LogP contribution >= 0.6 is 0 Å². The third kappa shape index (κ3) is 11.5. The van der Waals surface area contributed by atoms with Crippen LogP contribution in [-0.2, 0) is 41.7 Å². The number of methoxy groups -OCH3 is 2. The Morgan fingerprint density at radius 1 is 0.610 bits per heavy atom. The van der Waals surface area contributed by atoms with Crippen molar-refractivity contribution in [2.75, 3.05) is 42.8 Å². The first-order valence-electron chi connectivity index (χ1n) is 20.2. The molecule has 2 aliphatic rings. The first-order chi connectivity index (χ1) is 28.3. The van der Waals surface area contributed by atoms with Crippen LogP contribution in [0.2, 0.25) is 0 Å². The van der Waals surface area contributed by atoms with Crippen LogP contribution in [0, 0.1) is 11.8 Å². The molecule has 2 heterocycles. The highest BCUT2D eigenvalue weighted by molar-refractivity contribution is 5.99. The number of benzene rings is 3. The minimum absolute atomic E-state index is 0.197. The molecule has 6 amide bonds. The fourth-order valence-corrected chi connectivity index (χ4v) is 7.52. The Kier molecular flexibility index (Phi) is 15.3. The number of amides is 6. The van der Waals surface area contributed by atoms with E-state index in [2.05, 4.69) is 26.2 Å². The van der Waals surface area contributed by atoms with Crippen LogP contribution in [0.25, 0.3) is 0 Å². The van der Waals surface area contributed by atoms with E-state index in [4.69, 9.17) is 9.47 Å². The van der Waals surface area contributed by atoms with Crippen LogP contribution in [0.1, 0.15) is 64.5 Å². The zero-order valence-corrected chi connectivity index (χ0v) is 34.7. The summed E-state index contributed by atoms with van der Waals surface area (Å²) in [5, 5.41) is 11.2. The molecule has 2 aliphatic heterocycles. The lowest BCUT2D eigenvalue weighted by atomic mass is 10.0. The van der Waals surface area contributed by atoms with E-state index < -0.39 is 36.4 Å². The first-order valence-corrected chi connectivity index (χ1v) is 20.2. The largest absolute Gasteiger partial charge is 0.453 e. The standard InChI is InChI=1S/C44H57N7O8/c1-28(2)37(47-43(56)58-5)41(54)50-24-10-14-35(50)39(52)45-32-20-16-30(17-21-32)26-49(34-12-8-7-9-13-34)27-31-18-22-33(23-19-31)46-40(53)36-15-11-25-51(36)42(55)38(29(3)4)48-44(57)59-6/h7-9,12-13,16-23,28-29,35-38H,10-11,14-15,24-27H2,1-6H3,(H,45,52)(H,46,53)(H,47,56)(H,48,57)/t35-,36-,37+,38+/m0/s1. The summed E-state index contributed by atoms with van der Waals surface area (Å²) in [5.74, 6) is -1.58. The minimum atomic E-state index is -0.809. The molecule has 0 unspecified atom stereocenters. The predicted molar refractivity (Wildman–Crippen MR) is 224 cm³/mol. The van der Waals surface area contributed by atoms with Crippen molar-refractivity contribution in [2.45, 2.75) is 90.6 Å². The van der Waals surface area contributed by atoms with Crippen LogP contribution in [-0.4, -0.2) is 97.1 Å². The molecular formula is C44H57N7O8. The van der Waals surface area contributed by atoms with Crippen molar-refractivity contribution in [1.29, 1.82) is 0 Å². The maximum Gasteiger partial charge on any atom is 0.407 e. The molecule has 316 valence electrons. The van der Waals surface area contributed by atoms with Crippen molar-refractivity contribution < 1.29 is 38.2 Å². The highest BCUT2D eigenvalue weighted by Crippen LogP contribution is 2.26. The second-order valence-corrected chi connectivity index (χ2v) is 15.7. The van der Waals surface area contributed by atoms with Gasteiger partial charge in [-0.25, -0.2) is 9.59 Å². The van der Waals surface area contributed by atoms with Gasteiger partial charge in [0.2, 0.25) is 23.6 Å². The van der Waals surface area contributed by atoms with Gasteiger partial charge in [0.25, 0.3) is 0 Å². The van der Waals surface area contributed by atoms with Gasteiger partial charge in [-0.05, 0) is 85.0 Å². The van der Waals surface area contributed by atoms with Gasteiger partial charge in [0.05, 0.1) is 14.2 Å². The molecule has 4 atom stereocenters. The second kappa shape index (κ2) is 20.5. The molecule has 3 aromatic rings. The van der Waals surface area contributed by atoms with E-state index in [1.807, 2.05) is 107 Å². The minimum Gasteiger partial charge on any atom is -0.453 e. The molecule has 5 rings (SSSR count). The molecule has 3 aromatic carbocycles. The van der Waals surface area contributed by atoms with E-state index in [0.29, 0.717) is 63.2 Å². The Balaban J connectivity index is 1.20. The number of carbonyl (C=O) groups excluding carboxylic acids is 6. The molecule has 15 heteroatoms. The Morgan fingerprint density at radius 2 is 1.00 bits per heavy atom. The summed E-state index contributed by atoms with van der Waals surface area (Å²) in [5.41, 5.74) is 4.26. The van der Waals surface area contributed by atoms with Crippen LogP contribution in [0.15, 0.2) is 78.9 Å². The molecule has 2 fully saturated rings. The van der Waals surface area contributed by atoms with Gasteiger partial charge in [0, 0.05) is 43.2 Å². The second-order valence-electron chi connectivity index (χ2n) is 15.7. The maximum atomic E-state index is 13.5. The lowest BCUT2D eigenvalue weighted by Gasteiger charge is -2.30. The quantitative estimate of drug-likeness (QED) is 0.154. The van der Waals surface area contributed by atoms with Crippen molar-refractivity contribution in [3.8, 4) is 0 Å². The average Bonchev–Trinajstić information content (AvgIpc) is 3.94. The maximum absolute atomic E-state index is 13.5. The van der Waals surface area contributed by atoms with E-state index >= 15 is 0 Å². The molecule has 59 heavy (non-hydrogen) atoms. The number of carbonyl (C=O) groups is 6. The van der Waals surface area contributed by atoms with Crippen molar-refractivity contribution >= 4 is 52.9 Å². The molecule has 15 nitrogen and oxygen atoms in total. The van der Waals surface area contributed by atoms with Gasteiger partial charge in [-0.3, -0.25) is 19.2 Å². The van der Waals surface area contributed by atoms with Gasteiger partial charge >= 0.3 is 12.2 Å². The molecule has 0 saturated carbocycles. The number of para-hydroxylation sites is 1. The number of ether oxygens (including phenoxy) is 2. The topological polar surface area (TPSA) is 179 Å². The fraction of sp³-hybridized carbons (Fsp3) is 0.455. The normalized spacial score (nSPS) is 17.2. The number of likely N-dealkylation sites (tertiary alicyclic amines) is 2. The third-order valence-electron chi connectivity index (χ3n) is 10.8. The molecule has 0 aliphatic carbocycles. The van der Waals surface area contributed by atoms with Crippen molar-refractivity contribution in [1.82, 2.24) is 20.4 Å². The van der Waals surface area contributed by atoms with E-state index in [1.54, 1.807) is 9.80 Å². The lowest BCUT2D eigenvalue weighted by molar-refractivity contribution is -0.139. The summed E-state index contributed by atoms with van der Waals surface area (Å²) >= 11 is 0. The lowest BCUT2D eigenvalue weighted by Crippen LogP contribution is -2.54. The van der Waals surface area contributed by atoms with Crippen LogP contribution < -0.4 is 26.2 Å². The molecule has 2 saturated heterocycles. The van der Waals surface area contributed by atoms with E-state index in [1.165, 1.54) is 14.2 Å². The van der Waals surface area contributed by atoms with Crippen molar-refractivity contribution in [2.24, 2.45) is 11.8 Å². The Labute approximate surface area is 346 Å². The smallest absolute Gasteiger partial charge is 0.407 e. The number of anilines is 3. The highest BCUT2D eigenvalue weighted by Gasteiger charge is 2.40. The molecule has 0 bridgehead atoms. The zero-order valence-electron chi connectivity index (χ0n) is 34.7. The number of alkyl carbamates (subject to hydrolysis) is 2. The SMILES string of the molecule is COC(=O)N[C@@H](C(=O)N1CCC[C@H]1C(=O)Nc1ccc(CN(Cc2ccc(NC(=O)[C@@H]3CCCN3C(=O)[C@H](NC(=O)OC)C(C)C)cc2)c2ccccc2)cc1)C(C)C. The van der Waals surface area contributed by atoms with Gasteiger partial charge in [-0.15, -0.1) is 0 Å². The monoisotopic (exact) mass is 811 g/mol. The predicted octanol–water partition coefficient (Wildman–Crippen LogP) is 5.51.